The molecule has 0 saturated carbocycles. The van der Waals surface area contributed by atoms with Crippen LogP contribution >= 0.6 is 0 Å². The summed E-state index contributed by atoms with van der Waals surface area (Å²) in [6.07, 6.45) is 5.00. The molecule has 1 amide bonds. The van der Waals surface area contributed by atoms with Crippen molar-refractivity contribution in [1.82, 2.24) is 9.80 Å². The van der Waals surface area contributed by atoms with E-state index < -0.39 is 0 Å². The molecule has 2 fully saturated rings. The molecule has 0 radical (unpaired) electrons. The van der Waals surface area contributed by atoms with Crippen molar-refractivity contribution in [3.63, 3.8) is 0 Å². The molecule has 2 rings (SSSR count). The van der Waals surface area contributed by atoms with E-state index in [-0.39, 0.29) is 0 Å². The first-order chi connectivity index (χ1) is 9.69. The predicted octanol–water partition coefficient (Wildman–Crippen LogP) is 1.99. The number of morpholine rings is 1. The first kappa shape index (κ1) is 15.8. The maximum absolute atomic E-state index is 12.3. The number of ether oxygens (including phenoxy) is 1. The number of amides is 1. The third kappa shape index (κ3) is 4.74. The molecule has 20 heavy (non-hydrogen) atoms. The van der Waals surface area contributed by atoms with Crippen molar-refractivity contribution in [2.45, 2.75) is 39.5 Å². The largest absolute Gasteiger partial charge is 0.379 e. The second-order valence-corrected chi connectivity index (χ2v) is 6.46. The molecule has 2 saturated heterocycles. The van der Waals surface area contributed by atoms with Gasteiger partial charge < -0.3 is 9.64 Å². The van der Waals surface area contributed by atoms with E-state index in [0.717, 1.165) is 51.2 Å². The second kappa shape index (κ2) is 7.99. The van der Waals surface area contributed by atoms with Gasteiger partial charge in [0.1, 0.15) is 0 Å². The molecule has 0 aliphatic carbocycles. The number of hydrogen-bond acceptors (Lipinski definition) is 3. The topological polar surface area (TPSA) is 32.8 Å². The lowest BCUT2D eigenvalue weighted by molar-refractivity contribution is -0.134. The molecule has 0 aromatic heterocycles. The molecule has 1 unspecified atom stereocenters. The standard InChI is InChI=1S/C16H30N2O2/c1-3-14(2)12-15-4-6-18(7-5-15)16(19)13-17-8-10-20-11-9-17/h14-15H,3-13H2,1-2H3. The van der Waals surface area contributed by atoms with Gasteiger partial charge in [0.15, 0.2) is 0 Å². The zero-order valence-electron chi connectivity index (χ0n) is 13.1. The number of hydrogen-bond donors (Lipinski definition) is 0. The van der Waals surface area contributed by atoms with Crippen LogP contribution in [-0.4, -0.2) is 61.6 Å². The second-order valence-electron chi connectivity index (χ2n) is 6.46. The van der Waals surface area contributed by atoms with Gasteiger partial charge in [-0.2, -0.15) is 0 Å². The molecule has 2 heterocycles. The number of carbonyl (C=O) groups excluding carboxylic acids is 1. The zero-order valence-corrected chi connectivity index (χ0v) is 13.1. The lowest BCUT2D eigenvalue weighted by Crippen LogP contribution is -2.47. The van der Waals surface area contributed by atoms with Crippen molar-refractivity contribution in [1.29, 1.82) is 0 Å². The van der Waals surface area contributed by atoms with Gasteiger partial charge >= 0.3 is 0 Å². The third-order valence-electron chi connectivity index (χ3n) is 4.86. The molecule has 2 aliphatic heterocycles. The number of carbonyl (C=O) groups is 1. The van der Waals surface area contributed by atoms with Crippen molar-refractivity contribution >= 4 is 5.91 Å². The quantitative estimate of drug-likeness (QED) is 0.773. The van der Waals surface area contributed by atoms with Gasteiger partial charge in [0.25, 0.3) is 0 Å². The maximum Gasteiger partial charge on any atom is 0.236 e. The van der Waals surface area contributed by atoms with E-state index in [1.54, 1.807) is 0 Å². The summed E-state index contributed by atoms with van der Waals surface area (Å²) >= 11 is 0. The van der Waals surface area contributed by atoms with Crippen molar-refractivity contribution in [3.05, 3.63) is 0 Å². The first-order valence-corrected chi connectivity index (χ1v) is 8.27. The predicted molar refractivity (Wildman–Crippen MR) is 80.6 cm³/mol. The lowest BCUT2D eigenvalue weighted by atomic mass is 9.87. The molecule has 116 valence electrons. The fraction of sp³-hybridized carbons (Fsp3) is 0.938. The minimum atomic E-state index is 0.314. The van der Waals surface area contributed by atoms with Crippen LogP contribution in [0.3, 0.4) is 0 Å². The van der Waals surface area contributed by atoms with Crippen molar-refractivity contribution in [2.75, 3.05) is 45.9 Å². The molecular formula is C16H30N2O2. The van der Waals surface area contributed by atoms with Crippen LogP contribution in [0.25, 0.3) is 0 Å². The summed E-state index contributed by atoms with van der Waals surface area (Å²) < 4.78 is 5.32. The van der Waals surface area contributed by atoms with E-state index in [0.29, 0.717) is 12.5 Å². The van der Waals surface area contributed by atoms with Gasteiger partial charge in [-0.3, -0.25) is 9.69 Å². The fourth-order valence-corrected chi connectivity index (χ4v) is 3.20. The Kier molecular flexibility index (Phi) is 6.30. The fourth-order valence-electron chi connectivity index (χ4n) is 3.20. The molecule has 0 spiro atoms. The summed E-state index contributed by atoms with van der Waals surface area (Å²) in [4.78, 5) is 16.6. The summed E-state index contributed by atoms with van der Waals surface area (Å²) in [5.41, 5.74) is 0. The molecular weight excluding hydrogens is 252 g/mol. The molecule has 4 nitrogen and oxygen atoms in total. The van der Waals surface area contributed by atoms with Gasteiger partial charge in [-0.15, -0.1) is 0 Å². The summed E-state index contributed by atoms with van der Waals surface area (Å²) in [7, 11) is 0. The van der Waals surface area contributed by atoms with E-state index in [1.807, 2.05) is 0 Å². The molecule has 0 bridgehead atoms. The highest BCUT2D eigenvalue weighted by atomic mass is 16.5. The van der Waals surface area contributed by atoms with Gasteiger partial charge in [-0.05, 0) is 31.1 Å². The Hall–Kier alpha value is -0.610. The molecule has 2 aliphatic rings. The van der Waals surface area contributed by atoms with E-state index in [4.69, 9.17) is 4.74 Å². The molecule has 0 aromatic rings. The third-order valence-corrected chi connectivity index (χ3v) is 4.86. The highest BCUT2D eigenvalue weighted by Gasteiger charge is 2.25. The van der Waals surface area contributed by atoms with Crippen LogP contribution in [0.2, 0.25) is 0 Å². The van der Waals surface area contributed by atoms with Crippen molar-refractivity contribution in [2.24, 2.45) is 11.8 Å². The van der Waals surface area contributed by atoms with Gasteiger partial charge in [-0.1, -0.05) is 20.3 Å². The number of likely N-dealkylation sites (tertiary alicyclic amines) is 1. The molecule has 4 heteroatoms. The molecule has 1 atom stereocenters. The Bertz CT molecular complexity index is 295. The Balaban J connectivity index is 1.68. The van der Waals surface area contributed by atoms with Crippen molar-refractivity contribution in [3.8, 4) is 0 Å². The summed E-state index contributed by atoms with van der Waals surface area (Å²) in [5.74, 6) is 1.97. The van der Waals surface area contributed by atoms with Gasteiger partial charge in [0, 0.05) is 26.2 Å². The SMILES string of the molecule is CCC(C)CC1CCN(C(=O)CN2CCOCC2)CC1. The van der Waals surface area contributed by atoms with Gasteiger partial charge in [-0.25, -0.2) is 0 Å². The van der Waals surface area contributed by atoms with E-state index >= 15 is 0 Å². The highest BCUT2D eigenvalue weighted by Crippen LogP contribution is 2.25. The maximum atomic E-state index is 12.3. The Morgan fingerprint density at radius 2 is 1.85 bits per heavy atom. The van der Waals surface area contributed by atoms with Crippen molar-refractivity contribution < 1.29 is 9.53 Å². The van der Waals surface area contributed by atoms with Crippen LogP contribution in [0, 0.1) is 11.8 Å². The molecule has 0 aromatic carbocycles. The van der Waals surface area contributed by atoms with E-state index in [2.05, 4.69) is 23.6 Å². The Morgan fingerprint density at radius 1 is 1.20 bits per heavy atom. The Morgan fingerprint density at radius 3 is 2.45 bits per heavy atom. The Labute approximate surface area is 123 Å². The zero-order chi connectivity index (χ0) is 14.4. The highest BCUT2D eigenvalue weighted by molar-refractivity contribution is 5.78. The smallest absolute Gasteiger partial charge is 0.236 e. The van der Waals surface area contributed by atoms with Gasteiger partial charge in [0.2, 0.25) is 5.91 Å². The number of rotatable bonds is 5. The normalized spacial score (nSPS) is 23.8. The lowest BCUT2D eigenvalue weighted by Gasteiger charge is -2.35. The minimum Gasteiger partial charge on any atom is -0.379 e. The van der Waals surface area contributed by atoms with E-state index in [9.17, 15) is 4.79 Å². The van der Waals surface area contributed by atoms with Crippen LogP contribution in [0.5, 0.6) is 0 Å². The number of nitrogens with zero attached hydrogens (tertiary/aromatic N) is 2. The van der Waals surface area contributed by atoms with Crippen LogP contribution in [0.15, 0.2) is 0 Å². The van der Waals surface area contributed by atoms with Crippen LogP contribution in [0.1, 0.15) is 39.5 Å². The van der Waals surface area contributed by atoms with Crippen LogP contribution in [-0.2, 0) is 9.53 Å². The molecule has 0 N–H and O–H groups in total. The van der Waals surface area contributed by atoms with Gasteiger partial charge in [0.05, 0.1) is 19.8 Å². The number of piperidine rings is 1. The monoisotopic (exact) mass is 282 g/mol. The van der Waals surface area contributed by atoms with E-state index in [1.165, 1.54) is 25.7 Å². The van der Waals surface area contributed by atoms with Crippen LogP contribution < -0.4 is 0 Å². The summed E-state index contributed by atoms with van der Waals surface area (Å²) in [6, 6.07) is 0. The summed E-state index contributed by atoms with van der Waals surface area (Å²) in [6.45, 7) is 10.5. The average molecular weight is 282 g/mol. The first-order valence-electron chi connectivity index (χ1n) is 8.27. The average Bonchev–Trinajstić information content (AvgIpc) is 2.49. The summed E-state index contributed by atoms with van der Waals surface area (Å²) in [5, 5.41) is 0. The van der Waals surface area contributed by atoms with Crippen LogP contribution in [0.4, 0.5) is 0 Å². The minimum absolute atomic E-state index is 0.314.